The average Bonchev–Trinajstić information content (AvgIpc) is 2.99. The van der Waals surface area contributed by atoms with E-state index in [1.165, 1.54) is 0 Å². The van der Waals surface area contributed by atoms with Gasteiger partial charge in [-0.1, -0.05) is 30.3 Å². The molecule has 0 aromatic heterocycles. The zero-order valence-corrected chi connectivity index (χ0v) is 21.8. The zero-order valence-electron chi connectivity index (χ0n) is 21.8. The number of aliphatic hydroxyl groups is 10. The topological polar surface area (TPSA) is 258 Å². The standard InChI is InChI=1S/C25H38O16/c26-6-11-14(29)17(32)19(34)23(37-11)40-21-16(31)13(8-28)39-25(36-9-10-4-2-1-3-5-10)22(21)41-24-20(35)18(33)15(30)12(7-27)38-24/h1-5,11-35H,6-9H2. The second-order valence-corrected chi connectivity index (χ2v) is 10.1. The van der Waals surface area contributed by atoms with Crippen LogP contribution in [0, 0.1) is 0 Å². The number of rotatable bonds is 10. The van der Waals surface area contributed by atoms with Crippen LogP contribution in [-0.4, -0.2) is 163 Å². The molecule has 3 fully saturated rings. The highest BCUT2D eigenvalue weighted by molar-refractivity contribution is 5.13. The van der Waals surface area contributed by atoms with Crippen molar-refractivity contribution in [3.8, 4) is 0 Å². The molecule has 3 heterocycles. The number of hydrogen-bond donors (Lipinski definition) is 10. The van der Waals surface area contributed by atoms with Crippen LogP contribution in [0.1, 0.15) is 5.56 Å². The molecule has 0 saturated carbocycles. The Hall–Kier alpha value is -1.42. The zero-order chi connectivity index (χ0) is 29.8. The van der Waals surface area contributed by atoms with Crippen molar-refractivity contribution >= 4 is 0 Å². The van der Waals surface area contributed by atoms with Crippen LogP contribution in [0.15, 0.2) is 30.3 Å². The van der Waals surface area contributed by atoms with Gasteiger partial charge in [-0.15, -0.1) is 0 Å². The van der Waals surface area contributed by atoms with E-state index in [0.717, 1.165) is 0 Å². The van der Waals surface area contributed by atoms with Crippen LogP contribution in [0.4, 0.5) is 0 Å². The van der Waals surface area contributed by atoms with Crippen molar-refractivity contribution in [3.05, 3.63) is 35.9 Å². The summed E-state index contributed by atoms with van der Waals surface area (Å²) >= 11 is 0. The highest BCUT2D eigenvalue weighted by Crippen LogP contribution is 2.34. The lowest BCUT2D eigenvalue weighted by molar-refractivity contribution is -0.393. The normalized spacial score (nSPS) is 45.5. The Morgan fingerprint density at radius 3 is 1.44 bits per heavy atom. The Morgan fingerprint density at radius 2 is 0.951 bits per heavy atom. The third kappa shape index (κ3) is 7.05. The molecule has 15 unspecified atom stereocenters. The van der Waals surface area contributed by atoms with Gasteiger partial charge in [-0.25, -0.2) is 0 Å². The number of aliphatic hydroxyl groups excluding tert-OH is 10. The highest BCUT2D eigenvalue weighted by atomic mass is 16.8. The van der Waals surface area contributed by atoms with Crippen molar-refractivity contribution in [3.63, 3.8) is 0 Å². The summed E-state index contributed by atoms with van der Waals surface area (Å²) in [7, 11) is 0. The Kier molecular flexibility index (Phi) is 11.4. The molecule has 15 atom stereocenters. The molecule has 3 aliphatic rings. The van der Waals surface area contributed by atoms with Crippen molar-refractivity contribution < 1.29 is 79.5 Å². The fourth-order valence-corrected chi connectivity index (χ4v) is 4.90. The molecular weight excluding hydrogens is 556 g/mol. The first kappa shape index (κ1) is 32.5. The maximum absolute atomic E-state index is 11.1. The van der Waals surface area contributed by atoms with Crippen molar-refractivity contribution in [2.45, 2.75) is 98.7 Å². The van der Waals surface area contributed by atoms with Gasteiger partial charge in [-0.2, -0.15) is 0 Å². The predicted octanol–water partition coefficient (Wildman–Crippen LogP) is -5.35. The first-order chi connectivity index (χ1) is 19.6. The van der Waals surface area contributed by atoms with E-state index in [1.54, 1.807) is 30.3 Å². The van der Waals surface area contributed by atoms with E-state index in [2.05, 4.69) is 0 Å². The van der Waals surface area contributed by atoms with Crippen molar-refractivity contribution in [1.82, 2.24) is 0 Å². The molecule has 0 spiro atoms. The van der Waals surface area contributed by atoms with Gasteiger partial charge in [0.05, 0.1) is 26.4 Å². The van der Waals surface area contributed by atoms with E-state index in [0.29, 0.717) is 5.56 Å². The van der Waals surface area contributed by atoms with Gasteiger partial charge in [0.25, 0.3) is 0 Å². The first-order valence-corrected chi connectivity index (χ1v) is 13.1. The van der Waals surface area contributed by atoms with E-state index in [1.807, 2.05) is 0 Å². The van der Waals surface area contributed by atoms with E-state index in [4.69, 9.17) is 28.4 Å². The summed E-state index contributed by atoms with van der Waals surface area (Å²) in [5.41, 5.74) is 0.695. The SMILES string of the molecule is OCC1OC(OC2C(OCc3ccccc3)OC(CO)C(O)C2OC2OC(CO)C(O)C(O)C2O)C(O)C(O)C1O. The van der Waals surface area contributed by atoms with Gasteiger partial charge in [0, 0.05) is 0 Å². The molecule has 4 rings (SSSR count). The summed E-state index contributed by atoms with van der Waals surface area (Å²) in [5.74, 6) is 0. The first-order valence-electron chi connectivity index (χ1n) is 13.1. The molecule has 0 radical (unpaired) electrons. The van der Waals surface area contributed by atoms with Crippen LogP contribution in [-0.2, 0) is 35.0 Å². The summed E-state index contributed by atoms with van der Waals surface area (Å²) in [6.45, 7) is -2.30. The molecule has 10 N–H and O–H groups in total. The maximum atomic E-state index is 11.1. The monoisotopic (exact) mass is 594 g/mol. The summed E-state index contributed by atoms with van der Waals surface area (Å²) in [4.78, 5) is 0. The average molecular weight is 595 g/mol. The predicted molar refractivity (Wildman–Crippen MR) is 130 cm³/mol. The van der Waals surface area contributed by atoms with Gasteiger partial charge in [0.1, 0.15) is 73.2 Å². The van der Waals surface area contributed by atoms with Gasteiger partial charge >= 0.3 is 0 Å². The third-order valence-electron chi connectivity index (χ3n) is 7.33. The van der Waals surface area contributed by atoms with E-state index in [9.17, 15) is 51.1 Å². The largest absolute Gasteiger partial charge is 0.394 e. The lowest BCUT2D eigenvalue weighted by Gasteiger charge is -2.49. The number of ether oxygens (including phenoxy) is 6. The summed E-state index contributed by atoms with van der Waals surface area (Å²) < 4.78 is 34.2. The summed E-state index contributed by atoms with van der Waals surface area (Å²) in [6.07, 6.45) is -24.6. The number of benzene rings is 1. The highest BCUT2D eigenvalue weighted by Gasteiger charge is 2.54. The molecule has 234 valence electrons. The number of hydrogen-bond acceptors (Lipinski definition) is 16. The fraction of sp³-hybridized carbons (Fsp3) is 0.760. The Labute approximate surface area is 234 Å². The van der Waals surface area contributed by atoms with E-state index in [-0.39, 0.29) is 6.61 Å². The minimum absolute atomic E-state index is 0.0684. The lowest BCUT2D eigenvalue weighted by atomic mass is 9.96. The minimum atomic E-state index is -1.87. The third-order valence-corrected chi connectivity index (χ3v) is 7.33. The molecule has 0 amide bonds. The van der Waals surface area contributed by atoms with E-state index < -0.39 is 112 Å². The van der Waals surface area contributed by atoms with Crippen LogP contribution >= 0.6 is 0 Å². The quantitative estimate of drug-likeness (QED) is 0.121. The molecule has 1 aromatic rings. The summed E-state index contributed by atoms with van der Waals surface area (Å²) in [5, 5.41) is 102. The molecule has 0 aliphatic carbocycles. The molecule has 41 heavy (non-hydrogen) atoms. The van der Waals surface area contributed by atoms with Crippen molar-refractivity contribution in [1.29, 1.82) is 0 Å². The summed E-state index contributed by atoms with van der Waals surface area (Å²) in [6, 6.07) is 8.79. The van der Waals surface area contributed by atoms with Gasteiger partial charge in [-0.05, 0) is 5.56 Å². The van der Waals surface area contributed by atoms with Gasteiger partial charge in [0.2, 0.25) is 0 Å². The van der Waals surface area contributed by atoms with Gasteiger partial charge < -0.3 is 79.5 Å². The maximum Gasteiger partial charge on any atom is 0.187 e. The molecular formula is C25H38O16. The minimum Gasteiger partial charge on any atom is -0.394 e. The molecule has 16 nitrogen and oxygen atoms in total. The van der Waals surface area contributed by atoms with Crippen LogP contribution in [0.25, 0.3) is 0 Å². The van der Waals surface area contributed by atoms with Crippen molar-refractivity contribution in [2.24, 2.45) is 0 Å². The smallest absolute Gasteiger partial charge is 0.187 e. The fourth-order valence-electron chi connectivity index (χ4n) is 4.90. The van der Waals surface area contributed by atoms with Crippen LogP contribution in [0.5, 0.6) is 0 Å². The van der Waals surface area contributed by atoms with Crippen LogP contribution < -0.4 is 0 Å². The molecule has 3 saturated heterocycles. The van der Waals surface area contributed by atoms with Crippen molar-refractivity contribution in [2.75, 3.05) is 19.8 Å². The van der Waals surface area contributed by atoms with Gasteiger partial charge in [-0.3, -0.25) is 0 Å². The van der Waals surface area contributed by atoms with Gasteiger partial charge in [0.15, 0.2) is 18.9 Å². The van der Waals surface area contributed by atoms with Crippen LogP contribution in [0.3, 0.4) is 0 Å². The Balaban J connectivity index is 1.64. The Morgan fingerprint density at radius 1 is 0.512 bits per heavy atom. The second kappa shape index (κ2) is 14.4. The molecule has 1 aromatic carbocycles. The molecule has 0 bridgehead atoms. The lowest BCUT2D eigenvalue weighted by Crippen LogP contribution is -2.67. The van der Waals surface area contributed by atoms with E-state index >= 15 is 0 Å². The molecule has 16 heteroatoms. The molecule has 3 aliphatic heterocycles. The van der Waals surface area contributed by atoms with Crippen LogP contribution in [0.2, 0.25) is 0 Å². The Bertz CT molecular complexity index is 922. The second-order valence-electron chi connectivity index (χ2n) is 10.1.